The smallest absolute Gasteiger partial charge is 0.326 e. The van der Waals surface area contributed by atoms with Gasteiger partial charge in [-0.25, -0.2) is 4.79 Å². The third kappa shape index (κ3) is 6.77. The van der Waals surface area contributed by atoms with Crippen LogP contribution in [0.2, 0.25) is 0 Å². The minimum Gasteiger partial charge on any atom is -0.480 e. The molecule has 7 nitrogen and oxygen atoms in total. The fraction of sp³-hybridized carbons (Fsp3) is 0.667. The first-order chi connectivity index (χ1) is 7.32. The molecule has 0 unspecified atom stereocenters. The van der Waals surface area contributed by atoms with Gasteiger partial charge in [-0.1, -0.05) is 0 Å². The molecule has 0 radical (unpaired) electrons. The largest absolute Gasteiger partial charge is 0.480 e. The summed E-state index contributed by atoms with van der Waals surface area (Å²) in [6.45, 7) is 0.509. The number of carboxylic acid groups (broad SMARTS) is 1. The topological polar surface area (TPSA) is 113 Å². The van der Waals surface area contributed by atoms with Crippen molar-refractivity contribution in [3.05, 3.63) is 0 Å². The van der Waals surface area contributed by atoms with E-state index >= 15 is 0 Å². The van der Waals surface area contributed by atoms with Crippen molar-refractivity contribution in [2.45, 2.75) is 18.9 Å². The summed E-state index contributed by atoms with van der Waals surface area (Å²) in [6.07, 6.45) is -0.224. The Kier molecular flexibility index (Phi) is 6.09. The van der Waals surface area contributed by atoms with Gasteiger partial charge in [0.1, 0.15) is 6.04 Å². The maximum Gasteiger partial charge on any atom is 0.326 e. The van der Waals surface area contributed by atoms with Crippen LogP contribution in [0.3, 0.4) is 0 Å². The molecular formula is C9H17N3O4. The summed E-state index contributed by atoms with van der Waals surface area (Å²) in [7, 11) is 3.59. The SMILES string of the molecule is CN(C)CCC(=O)N[C@@H](CC(N)=O)C(=O)O. The maximum atomic E-state index is 11.3. The van der Waals surface area contributed by atoms with Crippen molar-refractivity contribution in [2.24, 2.45) is 5.73 Å². The molecular weight excluding hydrogens is 214 g/mol. The van der Waals surface area contributed by atoms with Gasteiger partial charge < -0.3 is 21.1 Å². The van der Waals surface area contributed by atoms with E-state index in [4.69, 9.17) is 10.8 Å². The van der Waals surface area contributed by atoms with E-state index < -0.39 is 30.2 Å². The lowest BCUT2D eigenvalue weighted by Crippen LogP contribution is -2.43. The molecule has 0 saturated heterocycles. The van der Waals surface area contributed by atoms with Crippen molar-refractivity contribution >= 4 is 17.8 Å². The number of nitrogens with one attached hydrogen (secondary N) is 1. The quantitative estimate of drug-likeness (QED) is 0.487. The van der Waals surface area contributed by atoms with Crippen LogP contribution in [0.25, 0.3) is 0 Å². The third-order valence-corrected chi connectivity index (χ3v) is 1.82. The normalized spacial score (nSPS) is 12.2. The first-order valence-corrected chi connectivity index (χ1v) is 4.78. The number of hydrogen-bond donors (Lipinski definition) is 3. The molecule has 1 atom stereocenters. The van der Waals surface area contributed by atoms with E-state index in [9.17, 15) is 14.4 Å². The van der Waals surface area contributed by atoms with E-state index in [-0.39, 0.29) is 6.42 Å². The van der Waals surface area contributed by atoms with Gasteiger partial charge in [0.15, 0.2) is 0 Å². The first kappa shape index (κ1) is 14.4. The fourth-order valence-corrected chi connectivity index (χ4v) is 0.993. The molecule has 0 aliphatic heterocycles. The van der Waals surface area contributed by atoms with Crippen molar-refractivity contribution in [2.75, 3.05) is 20.6 Å². The molecule has 0 aliphatic rings. The molecule has 0 spiro atoms. The molecule has 0 fully saturated rings. The molecule has 0 saturated carbocycles. The van der Waals surface area contributed by atoms with Crippen LogP contribution in [0.15, 0.2) is 0 Å². The lowest BCUT2D eigenvalue weighted by atomic mass is 10.2. The molecule has 2 amide bonds. The number of carbonyl (C=O) groups is 3. The zero-order valence-electron chi connectivity index (χ0n) is 9.40. The van der Waals surface area contributed by atoms with E-state index in [2.05, 4.69) is 5.32 Å². The molecule has 4 N–H and O–H groups in total. The number of carboxylic acids is 1. The first-order valence-electron chi connectivity index (χ1n) is 4.78. The van der Waals surface area contributed by atoms with Gasteiger partial charge >= 0.3 is 5.97 Å². The monoisotopic (exact) mass is 231 g/mol. The molecule has 0 bridgehead atoms. The molecule has 92 valence electrons. The molecule has 16 heavy (non-hydrogen) atoms. The summed E-state index contributed by atoms with van der Waals surface area (Å²) in [6, 6.07) is -1.24. The Morgan fingerprint density at radius 2 is 1.94 bits per heavy atom. The average molecular weight is 231 g/mol. The zero-order valence-corrected chi connectivity index (χ0v) is 9.40. The number of amides is 2. The van der Waals surface area contributed by atoms with E-state index in [0.29, 0.717) is 6.54 Å². The molecule has 0 rings (SSSR count). The Hall–Kier alpha value is -1.63. The van der Waals surface area contributed by atoms with E-state index in [1.165, 1.54) is 0 Å². The number of carbonyl (C=O) groups excluding carboxylic acids is 2. The number of nitrogens with two attached hydrogens (primary N) is 1. The van der Waals surface area contributed by atoms with Crippen molar-refractivity contribution < 1.29 is 19.5 Å². The predicted molar refractivity (Wildman–Crippen MR) is 56.5 cm³/mol. The van der Waals surface area contributed by atoms with Crippen molar-refractivity contribution in [3.8, 4) is 0 Å². The number of primary amides is 1. The molecule has 0 aromatic carbocycles. The Balaban J connectivity index is 4.13. The Morgan fingerprint density at radius 3 is 2.31 bits per heavy atom. The third-order valence-electron chi connectivity index (χ3n) is 1.82. The van der Waals surface area contributed by atoms with Gasteiger partial charge in [0.2, 0.25) is 11.8 Å². The highest BCUT2D eigenvalue weighted by molar-refractivity contribution is 5.88. The molecule has 0 heterocycles. The van der Waals surface area contributed by atoms with Crippen LogP contribution in [0.5, 0.6) is 0 Å². The molecule has 0 aliphatic carbocycles. The van der Waals surface area contributed by atoms with Crippen LogP contribution >= 0.6 is 0 Å². The summed E-state index contributed by atoms with van der Waals surface area (Å²) < 4.78 is 0. The van der Waals surface area contributed by atoms with E-state index in [0.717, 1.165) is 0 Å². The van der Waals surface area contributed by atoms with Crippen LogP contribution < -0.4 is 11.1 Å². The molecule has 0 aromatic heterocycles. The number of rotatable bonds is 7. The molecule has 0 aromatic rings. The minimum atomic E-state index is -1.27. The second-order valence-electron chi connectivity index (χ2n) is 3.68. The van der Waals surface area contributed by atoms with Crippen molar-refractivity contribution in [1.82, 2.24) is 10.2 Å². The lowest BCUT2D eigenvalue weighted by molar-refractivity contribution is -0.143. The van der Waals surface area contributed by atoms with Gasteiger partial charge in [-0.05, 0) is 14.1 Å². The standard InChI is InChI=1S/C9H17N3O4/c1-12(2)4-3-8(14)11-6(9(15)16)5-7(10)13/h6H,3-5H2,1-2H3,(H2,10,13)(H,11,14)(H,15,16)/t6-/m0/s1. The van der Waals surface area contributed by atoms with E-state index in [1.54, 1.807) is 19.0 Å². The highest BCUT2D eigenvalue weighted by Gasteiger charge is 2.21. The Morgan fingerprint density at radius 1 is 1.38 bits per heavy atom. The summed E-state index contributed by atoms with van der Waals surface area (Å²) in [5, 5.41) is 11.0. The Bertz CT molecular complexity index is 278. The number of hydrogen-bond acceptors (Lipinski definition) is 4. The summed E-state index contributed by atoms with van der Waals surface area (Å²) >= 11 is 0. The lowest BCUT2D eigenvalue weighted by Gasteiger charge is -2.14. The van der Waals surface area contributed by atoms with Crippen LogP contribution in [0.4, 0.5) is 0 Å². The number of nitrogens with zero attached hydrogens (tertiary/aromatic N) is 1. The highest BCUT2D eigenvalue weighted by Crippen LogP contribution is 1.93. The van der Waals surface area contributed by atoms with Crippen molar-refractivity contribution in [1.29, 1.82) is 0 Å². The summed E-state index contributed by atoms with van der Waals surface area (Å²) in [4.78, 5) is 34.3. The van der Waals surface area contributed by atoms with Crippen LogP contribution in [-0.2, 0) is 14.4 Å². The number of aliphatic carboxylic acids is 1. The van der Waals surface area contributed by atoms with Crippen LogP contribution in [0.1, 0.15) is 12.8 Å². The molecule has 7 heteroatoms. The van der Waals surface area contributed by atoms with E-state index in [1.807, 2.05) is 0 Å². The van der Waals surface area contributed by atoms with Gasteiger partial charge in [0.05, 0.1) is 6.42 Å². The van der Waals surface area contributed by atoms with Gasteiger partial charge in [0, 0.05) is 13.0 Å². The van der Waals surface area contributed by atoms with Gasteiger partial charge in [-0.3, -0.25) is 9.59 Å². The van der Waals surface area contributed by atoms with Gasteiger partial charge in [-0.15, -0.1) is 0 Å². The summed E-state index contributed by atoms with van der Waals surface area (Å²) in [5.74, 6) is -2.44. The highest BCUT2D eigenvalue weighted by atomic mass is 16.4. The Labute approximate surface area is 93.6 Å². The van der Waals surface area contributed by atoms with Crippen LogP contribution in [0, 0.1) is 0 Å². The van der Waals surface area contributed by atoms with Gasteiger partial charge in [-0.2, -0.15) is 0 Å². The fourth-order valence-electron chi connectivity index (χ4n) is 0.993. The zero-order chi connectivity index (χ0) is 12.7. The summed E-state index contributed by atoms with van der Waals surface area (Å²) in [5.41, 5.74) is 4.87. The maximum absolute atomic E-state index is 11.3. The minimum absolute atomic E-state index is 0.176. The average Bonchev–Trinajstić information content (AvgIpc) is 2.12. The van der Waals surface area contributed by atoms with Crippen molar-refractivity contribution in [3.63, 3.8) is 0 Å². The van der Waals surface area contributed by atoms with Crippen LogP contribution in [-0.4, -0.2) is 54.5 Å². The predicted octanol–water partition coefficient (Wildman–Crippen LogP) is -1.62. The second-order valence-corrected chi connectivity index (χ2v) is 3.68. The van der Waals surface area contributed by atoms with Gasteiger partial charge in [0.25, 0.3) is 0 Å². The second kappa shape index (κ2) is 6.78.